The quantitative estimate of drug-likeness (QED) is 0.119. The number of aromatic nitrogens is 2. The van der Waals surface area contributed by atoms with E-state index in [1.54, 1.807) is 0 Å². The summed E-state index contributed by atoms with van der Waals surface area (Å²) < 4.78 is 0. The molecule has 60 heavy (non-hydrogen) atoms. The van der Waals surface area contributed by atoms with Gasteiger partial charge in [-0.2, -0.15) is 0 Å². The Bertz CT molecular complexity index is 3320. The molecule has 0 radical (unpaired) electrons. The highest BCUT2D eigenvalue weighted by Gasteiger charge is 2.17. The predicted molar refractivity (Wildman–Crippen MR) is 253 cm³/mol. The van der Waals surface area contributed by atoms with Crippen molar-refractivity contribution in [3.05, 3.63) is 231 Å². The smallest absolute Gasteiger partial charge is 0.160 e. The lowest BCUT2D eigenvalue weighted by Crippen LogP contribution is -1.97. The van der Waals surface area contributed by atoms with E-state index >= 15 is 0 Å². The van der Waals surface area contributed by atoms with Crippen molar-refractivity contribution in [2.75, 3.05) is 0 Å². The van der Waals surface area contributed by atoms with Gasteiger partial charge in [-0.25, -0.2) is 9.97 Å². The number of benzene rings is 10. The minimum atomic E-state index is 0.682. The molecule has 0 aliphatic heterocycles. The summed E-state index contributed by atoms with van der Waals surface area (Å²) in [7, 11) is 0. The van der Waals surface area contributed by atoms with Gasteiger partial charge < -0.3 is 0 Å². The molecule has 1 heterocycles. The van der Waals surface area contributed by atoms with E-state index < -0.39 is 0 Å². The van der Waals surface area contributed by atoms with Crippen LogP contribution in [0.4, 0.5) is 0 Å². The summed E-state index contributed by atoms with van der Waals surface area (Å²) in [4.78, 5) is 10.7. The number of hydrogen-bond donors (Lipinski definition) is 0. The van der Waals surface area contributed by atoms with Crippen LogP contribution in [0.25, 0.3) is 111 Å². The Kier molecular flexibility index (Phi) is 8.87. The molecule has 0 bridgehead atoms. The Hall–Kier alpha value is -7.94. The van der Waals surface area contributed by atoms with Crippen molar-refractivity contribution >= 4 is 32.3 Å². The topological polar surface area (TPSA) is 25.8 Å². The van der Waals surface area contributed by atoms with E-state index in [0.717, 1.165) is 50.3 Å². The highest BCUT2D eigenvalue weighted by Crippen LogP contribution is 2.41. The Morgan fingerprint density at radius 3 is 1.47 bits per heavy atom. The van der Waals surface area contributed by atoms with Crippen molar-refractivity contribution in [1.82, 2.24) is 9.97 Å². The Labute approximate surface area is 349 Å². The molecule has 0 unspecified atom stereocenters. The second-order valence-corrected chi connectivity index (χ2v) is 15.3. The molecule has 11 rings (SSSR count). The van der Waals surface area contributed by atoms with Gasteiger partial charge in [0, 0.05) is 16.7 Å². The van der Waals surface area contributed by atoms with E-state index in [0.29, 0.717) is 5.82 Å². The number of fused-ring (bicyclic) bond motifs is 4. The van der Waals surface area contributed by atoms with E-state index in [1.165, 1.54) is 54.6 Å². The predicted octanol–water partition coefficient (Wildman–Crippen LogP) is 15.6. The first-order valence-corrected chi connectivity index (χ1v) is 20.5. The van der Waals surface area contributed by atoms with Crippen molar-refractivity contribution < 1.29 is 0 Å². The maximum Gasteiger partial charge on any atom is 0.160 e. The van der Waals surface area contributed by atoms with Crippen LogP contribution < -0.4 is 0 Å². The summed E-state index contributed by atoms with van der Waals surface area (Å²) in [6.45, 7) is 0. The molecule has 0 aliphatic rings. The second-order valence-electron chi connectivity index (χ2n) is 15.3. The Morgan fingerprint density at radius 2 is 0.750 bits per heavy atom. The first kappa shape index (κ1) is 35.2. The highest BCUT2D eigenvalue weighted by atomic mass is 14.9. The fourth-order valence-corrected chi connectivity index (χ4v) is 8.68. The minimum Gasteiger partial charge on any atom is -0.228 e. The molecule has 2 nitrogen and oxygen atoms in total. The van der Waals surface area contributed by atoms with Crippen LogP contribution in [0.3, 0.4) is 0 Å². The largest absolute Gasteiger partial charge is 0.228 e. The molecular formula is C58H38N2. The van der Waals surface area contributed by atoms with Gasteiger partial charge in [0.25, 0.3) is 0 Å². The third-order valence-electron chi connectivity index (χ3n) is 11.7. The molecule has 11 aromatic rings. The van der Waals surface area contributed by atoms with Crippen LogP contribution >= 0.6 is 0 Å². The summed E-state index contributed by atoms with van der Waals surface area (Å²) in [5.74, 6) is 0.682. The van der Waals surface area contributed by atoms with Gasteiger partial charge in [0.05, 0.1) is 11.4 Å². The van der Waals surface area contributed by atoms with Gasteiger partial charge >= 0.3 is 0 Å². The Balaban J connectivity index is 1.08. The van der Waals surface area contributed by atoms with Crippen molar-refractivity contribution in [2.45, 2.75) is 0 Å². The molecule has 0 amide bonds. The molecule has 2 heteroatoms. The Morgan fingerprint density at radius 1 is 0.233 bits per heavy atom. The van der Waals surface area contributed by atoms with Gasteiger partial charge in [0.15, 0.2) is 5.82 Å². The zero-order valence-corrected chi connectivity index (χ0v) is 32.8. The maximum atomic E-state index is 5.38. The molecule has 280 valence electrons. The summed E-state index contributed by atoms with van der Waals surface area (Å²) in [5.41, 5.74) is 14.1. The van der Waals surface area contributed by atoms with E-state index in [9.17, 15) is 0 Å². The molecule has 0 fully saturated rings. The van der Waals surface area contributed by atoms with Crippen molar-refractivity contribution in [1.29, 1.82) is 0 Å². The zero-order valence-electron chi connectivity index (χ0n) is 32.8. The van der Waals surface area contributed by atoms with E-state index in [4.69, 9.17) is 9.97 Å². The SMILES string of the molecule is c1ccc(-c2ccc(-c3cc(-c4ccc(-c5ccccc5)cc4-c4ccccc4)nc(-c4ccc(-c5c6ccccc6cc6c5ccc5ccccc56)cc4)n3)cc2)cc1. The summed E-state index contributed by atoms with van der Waals surface area (Å²) in [6, 6.07) is 82.4. The average molecular weight is 763 g/mol. The molecule has 10 aromatic carbocycles. The van der Waals surface area contributed by atoms with Gasteiger partial charge in [-0.1, -0.05) is 212 Å². The van der Waals surface area contributed by atoms with Crippen molar-refractivity contribution in [3.63, 3.8) is 0 Å². The van der Waals surface area contributed by atoms with E-state index in [1.807, 2.05) is 0 Å². The molecule has 0 spiro atoms. The second kappa shape index (κ2) is 15.1. The fourth-order valence-electron chi connectivity index (χ4n) is 8.68. The number of nitrogens with zero attached hydrogens (tertiary/aromatic N) is 2. The average Bonchev–Trinajstić information content (AvgIpc) is 3.34. The van der Waals surface area contributed by atoms with Crippen LogP contribution in [-0.2, 0) is 0 Å². The maximum absolute atomic E-state index is 5.38. The molecule has 0 aliphatic carbocycles. The van der Waals surface area contributed by atoms with Crippen molar-refractivity contribution in [2.24, 2.45) is 0 Å². The monoisotopic (exact) mass is 762 g/mol. The standard InChI is InChI=1S/C58H38N2/c1-4-14-39(15-5-1)41-24-26-44(27-25-41)55-38-56(51-34-33-47(40-16-6-2-7-17-40)36-53(51)42-18-8-3-9-19-42)60-58(59-55)46-30-28-45(29-31-46)57-50-23-13-11-21-48(50)37-54-49-22-12-10-20-43(49)32-35-52(54)57/h1-38H. The zero-order chi connectivity index (χ0) is 39.8. The van der Waals surface area contributed by atoms with Crippen LogP contribution in [0, 0.1) is 0 Å². The third kappa shape index (κ3) is 6.51. The first-order valence-electron chi connectivity index (χ1n) is 20.5. The van der Waals surface area contributed by atoms with Gasteiger partial charge in [-0.3, -0.25) is 0 Å². The summed E-state index contributed by atoms with van der Waals surface area (Å²) >= 11 is 0. The van der Waals surface area contributed by atoms with Crippen LogP contribution in [-0.4, -0.2) is 9.97 Å². The lowest BCUT2D eigenvalue weighted by Gasteiger charge is -2.16. The van der Waals surface area contributed by atoms with Crippen molar-refractivity contribution in [3.8, 4) is 78.4 Å². The first-order chi connectivity index (χ1) is 29.7. The summed E-state index contributed by atoms with van der Waals surface area (Å²) in [5, 5.41) is 7.48. The van der Waals surface area contributed by atoms with Crippen LogP contribution in [0.2, 0.25) is 0 Å². The van der Waals surface area contributed by atoms with Crippen LogP contribution in [0.15, 0.2) is 231 Å². The fraction of sp³-hybridized carbons (Fsp3) is 0. The lowest BCUT2D eigenvalue weighted by atomic mass is 9.89. The molecule has 0 atom stereocenters. The van der Waals surface area contributed by atoms with Gasteiger partial charge in [0.1, 0.15) is 0 Å². The van der Waals surface area contributed by atoms with E-state index in [-0.39, 0.29) is 0 Å². The molecule has 0 saturated heterocycles. The molecular weight excluding hydrogens is 725 g/mol. The summed E-state index contributed by atoms with van der Waals surface area (Å²) in [6.07, 6.45) is 0. The molecule has 0 N–H and O–H groups in total. The van der Waals surface area contributed by atoms with Gasteiger partial charge in [-0.15, -0.1) is 0 Å². The lowest BCUT2D eigenvalue weighted by molar-refractivity contribution is 1.18. The number of hydrogen-bond acceptors (Lipinski definition) is 2. The van der Waals surface area contributed by atoms with Crippen LogP contribution in [0.1, 0.15) is 0 Å². The van der Waals surface area contributed by atoms with E-state index in [2.05, 4.69) is 231 Å². The van der Waals surface area contributed by atoms with Gasteiger partial charge in [0.2, 0.25) is 0 Å². The molecule has 1 aromatic heterocycles. The highest BCUT2D eigenvalue weighted by molar-refractivity contribution is 6.20. The number of rotatable bonds is 7. The molecule has 0 saturated carbocycles. The third-order valence-corrected chi connectivity index (χ3v) is 11.7. The normalized spacial score (nSPS) is 11.3. The minimum absolute atomic E-state index is 0.682. The van der Waals surface area contributed by atoms with Crippen LogP contribution in [0.5, 0.6) is 0 Å². The van der Waals surface area contributed by atoms with Gasteiger partial charge in [-0.05, 0) is 95.0 Å².